The molecule has 1 unspecified atom stereocenters. The molecular formula is C22H27N3O. The quantitative estimate of drug-likeness (QED) is 0.811. The van der Waals surface area contributed by atoms with Crippen molar-refractivity contribution in [1.29, 1.82) is 0 Å². The minimum Gasteiger partial charge on any atom is -0.398 e. The number of rotatable bonds is 5. The van der Waals surface area contributed by atoms with E-state index in [0.29, 0.717) is 12.5 Å². The zero-order chi connectivity index (χ0) is 18.1. The smallest absolute Gasteiger partial charge is 0.240 e. The summed E-state index contributed by atoms with van der Waals surface area (Å²) in [4.78, 5) is 15.0. The summed E-state index contributed by atoms with van der Waals surface area (Å²) in [6, 6.07) is 14.7. The Morgan fingerprint density at radius 2 is 2.00 bits per heavy atom. The van der Waals surface area contributed by atoms with E-state index in [-0.39, 0.29) is 11.9 Å². The molecule has 1 saturated carbocycles. The molecule has 0 radical (unpaired) electrons. The standard InChI is InChI=1S/C22H27N3O/c1-15-7-9-16(10-8-15)22(17-11-12-17)24-21(26)14-25-13-3-4-18-19(23)5-2-6-20(18)25/h2,5-10,17,22H,3-4,11-14,23H2,1H3,(H,24,26). The number of nitrogens with one attached hydrogen (secondary N) is 1. The molecule has 1 atom stereocenters. The van der Waals surface area contributed by atoms with Gasteiger partial charge in [-0.1, -0.05) is 35.9 Å². The SMILES string of the molecule is Cc1ccc(C(NC(=O)CN2CCCc3c(N)cccc32)C2CC2)cc1. The van der Waals surface area contributed by atoms with E-state index < -0.39 is 0 Å². The molecule has 4 heteroatoms. The third-order valence-electron chi connectivity index (χ3n) is 5.56. The predicted molar refractivity (Wildman–Crippen MR) is 106 cm³/mol. The first-order chi connectivity index (χ1) is 12.6. The molecule has 2 aromatic carbocycles. The molecule has 0 spiro atoms. The number of hydrogen-bond donors (Lipinski definition) is 2. The number of nitrogens with two attached hydrogens (primary N) is 1. The van der Waals surface area contributed by atoms with E-state index in [1.807, 2.05) is 12.1 Å². The molecule has 1 aliphatic heterocycles. The lowest BCUT2D eigenvalue weighted by atomic mass is 9.99. The van der Waals surface area contributed by atoms with Crippen LogP contribution in [-0.4, -0.2) is 19.0 Å². The van der Waals surface area contributed by atoms with E-state index in [9.17, 15) is 4.79 Å². The Morgan fingerprint density at radius 1 is 1.23 bits per heavy atom. The molecule has 1 aliphatic carbocycles. The predicted octanol–water partition coefficient (Wildman–Crippen LogP) is 3.60. The summed E-state index contributed by atoms with van der Waals surface area (Å²) in [7, 11) is 0. The second-order valence-electron chi connectivity index (χ2n) is 7.66. The lowest BCUT2D eigenvalue weighted by Gasteiger charge is -2.32. The van der Waals surface area contributed by atoms with Crippen LogP contribution in [0.2, 0.25) is 0 Å². The highest BCUT2D eigenvalue weighted by Gasteiger charge is 2.33. The Morgan fingerprint density at radius 3 is 2.73 bits per heavy atom. The van der Waals surface area contributed by atoms with Crippen LogP contribution in [-0.2, 0) is 11.2 Å². The molecule has 2 aromatic rings. The molecule has 136 valence electrons. The minimum absolute atomic E-state index is 0.0951. The van der Waals surface area contributed by atoms with Crippen molar-refractivity contribution in [3.8, 4) is 0 Å². The fourth-order valence-electron chi connectivity index (χ4n) is 3.96. The summed E-state index contributed by atoms with van der Waals surface area (Å²) in [5, 5.41) is 3.30. The van der Waals surface area contributed by atoms with E-state index in [2.05, 4.69) is 47.5 Å². The largest absolute Gasteiger partial charge is 0.398 e. The maximum atomic E-state index is 12.8. The van der Waals surface area contributed by atoms with Crippen molar-refractivity contribution in [2.75, 3.05) is 23.7 Å². The van der Waals surface area contributed by atoms with Gasteiger partial charge in [0.05, 0.1) is 12.6 Å². The van der Waals surface area contributed by atoms with Gasteiger partial charge in [0.25, 0.3) is 0 Å². The van der Waals surface area contributed by atoms with E-state index in [1.165, 1.54) is 29.5 Å². The number of anilines is 2. The number of fused-ring (bicyclic) bond motifs is 1. The molecule has 3 N–H and O–H groups in total. The first-order valence-electron chi connectivity index (χ1n) is 9.60. The van der Waals surface area contributed by atoms with Gasteiger partial charge >= 0.3 is 0 Å². The van der Waals surface area contributed by atoms with Crippen LogP contribution in [0.15, 0.2) is 42.5 Å². The molecule has 4 rings (SSSR count). The van der Waals surface area contributed by atoms with Crippen LogP contribution in [0.5, 0.6) is 0 Å². The molecule has 2 aliphatic rings. The van der Waals surface area contributed by atoms with Crippen molar-refractivity contribution in [2.45, 2.75) is 38.6 Å². The molecule has 0 bridgehead atoms. The topological polar surface area (TPSA) is 58.4 Å². The van der Waals surface area contributed by atoms with Crippen molar-refractivity contribution in [3.63, 3.8) is 0 Å². The van der Waals surface area contributed by atoms with Crippen molar-refractivity contribution < 1.29 is 4.79 Å². The molecule has 1 heterocycles. The van der Waals surface area contributed by atoms with Crippen LogP contribution >= 0.6 is 0 Å². The lowest BCUT2D eigenvalue weighted by molar-refractivity contribution is -0.120. The van der Waals surface area contributed by atoms with Crippen LogP contribution in [0.3, 0.4) is 0 Å². The molecule has 4 nitrogen and oxygen atoms in total. The van der Waals surface area contributed by atoms with Gasteiger partial charge in [0.15, 0.2) is 0 Å². The summed E-state index contributed by atoms with van der Waals surface area (Å²) in [5.74, 6) is 0.670. The van der Waals surface area contributed by atoms with Gasteiger partial charge in [-0.2, -0.15) is 0 Å². The molecular weight excluding hydrogens is 322 g/mol. The maximum Gasteiger partial charge on any atom is 0.240 e. The van der Waals surface area contributed by atoms with E-state index in [1.54, 1.807) is 0 Å². The van der Waals surface area contributed by atoms with Crippen LogP contribution in [0.25, 0.3) is 0 Å². The molecule has 0 saturated heterocycles. The number of hydrogen-bond acceptors (Lipinski definition) is 3. The van der Waals surface area contributed by atoms with Crippen LogP contribution in [0.4, 0.5) is 11.4 Å². The fraction of sp³-hybridized carbons (Fsp3) is 0.409. The van der Waals surface area contributed by atoms with Gasteiger partial charge in [-0.25, -0.2) is 0 Å². The summed E-state index contributed by atoms with van der Waals surface area (Å²) in [6.45, 7) is 3.39. The van der Waals surface area contributed by atoms with Crippen LogP contribution < -0.4 is 16.0 Å². The molecule has 0 aromatic heterocycles. The minimum atomic E-state index is 0.0951. The average Bonchev–Trinajstić information content (AvgIpc) is 3.47. The zero-order valence-corrected chi connectivity index (χ0v) is 15.4. The Kier molecular flexibility index (Phi) is 4.58. The lowest BCUT2D eigenvalue weighted by Crippen LogP contribution is -2.41. The molecule has 1 amide bonds. The normalized spacial score (nSPS) is 17.5. The van der Waals surface area contributed by atoms with Crippen molar-refractivity contribution >= 4 is 17.3 Å². The third-order valence-corrected chi connectivity index (χ3v) is 5.56. The second kappa shape index (κ2) is 7.02. The van der Waals surface area contributed by atoms with Crippen molar-refractivity contribution in [1.82, 2.24) is 5.32 Å². The number of nitrogens with zero attached hydrogens (tertiary/aromatic N) is 1. The number of amides is 1. The first kappa shape index (κ1) is 17.0. The highest BCUT2D eigenvalue weighted by Crippen LogP contribution is 2.41. The van der Waals surface area contributed by atoms with Gasteiger partial charge in [-0.15, -0.1) is 0 Å². The first-order valence-corrected chi connectivity index (χ1v) is 9.60. The third kappa shape index (κ3) is 3.55. The van der Waals surface area contributed by atoms with E-state index >= 15 is 0 Å². The Balaban J connectivity index is 1.47. The van der Waals surface area contributed by atoms with E-state index in [0.717, 1.165) is 30.8 Å². The van der Waals surface area contributed by atoms with Gasteiger partial charge in [-0.05, 0) is 61.8 Å². The van der Waals surface area contributed by atoms with Gasteiger partial charge in [0.2, 0.25) is 5.91 Å². The zero-order valence-electron chi connectivity index (χ0n) is 15.4. The van der Waals surface area contributed by atoms with Gasteiger partial charge in [-0.3, -0.25) is 4.79 Å². The number of benzene rings is 2. The molecule has 1 fully saturated rings. The number of carbonyl (C=O) groups is 1. The fourth-order valence-corrected chi connectivity index (χ4v) is 3.96. The highest BCUT2D eigenvalue weighted by atomic mass is 16.2. The van der Waals surface area contributed by atoms with Gasteiger partial charge in [0.1, 0.15) is 0 Å². The Labute approximate surface area is 155 Å². The summed E-state index contributed by atoms with van der Waals surface area (Å²) < 4.78 is 0. The number of nitrogen functional groups attached to an aromatic ring is 1. The van der Waals surface area contributed by atoms with Crippen LogP contribution in [0.1, 0.15) is 42.0 Å². The van der Waals surface area contributed by atoms with Gasteiger partial charge < -0.3 is 16.0 Å². The second-order valence-corrected chi connectivity index (χ2v) is 7.66. The number of carbonyl (C=O) groups excluding carboxylic acids is 1. The van der Waals surface area contributed by atoms with Crippen molar-refractivity contribution in [2.24, 2.45) is 5.92 Å². The monoisotopic (exact) mass is 349 g/mol. The van der Waals surface area contributed by atoms with E-state index in [4.69, 9.17) is 5.73 Å². The summed E-state index contributed by atoms with van der Waals surface area (Å²) in [5.41, 5.74) is 11.7. The summed E-state index contributed by atoms with van der Waals surface area (Å²) >= 11 is 0. The van der Waals surface area contributed by atoms with Gasteiger partial charge in [0, 0.05) is 17.9 Å². The number of aryl methyl sites for hydroxylation is 1. The molecule has 26 heavy (non-hydrogen) atoms. The maximum absolute atomic E-state index is 12.8. The van der Waals surface area contributed by atoms with Crippen molar-refractivity contribution in [3.05, 3.63) is 59.2 Å². The Bertz CT molecular complexity index is 796. The average molecular weight is 349 g/mol. The highest BCUT2D eigenvalue weighted by molar-refractivity contribution is 5.83. The Hall–Kier alpha value is -2.49. The summed E-state index contributed by atoms with van der Waals surface area (Å²) in [6.07, 6.45) is 4.43. The van der Waals surface area contributed by atoms with Crippen LogP contribution in [0, 0.1) is 12.8 Å².